The predicted molar refractivity (Wildman–Crippen MR) is 67.5 cm³/mol. The van der Waals surface area contributed by atoms with Gasteiger partial charge in [0.2, 0.25) is 0 Å². The molecule has 0 aliphatic rings. The average Bonchev–Trinajstić information content (AvgIpc) is 2.31. The van der Waals surface area contributed by atoms with E-state index in [1.807, 2.05) is 0 Å². The van der Waals surface area contributed by atoms with Crippen molar-refractivity contribution in [2.45, 2.75) is 20.0 Å². The number of hydrogen-bond acceptors (Lipinski definition) is 5. The Morgan fingerprint density at radius 2 is 2.11 bits per heavy atom. The summed E-state index contributed by atoms with van der Waals surface area (Å²) in [5.41, 5.74) is 0.561. The quantitative estimate of drug-likeness (QED) is 0.543. The molecule has 1 atom stereocenters. The Balaban J connectivity index is 2.83. The number of phenols is 1. The molecule has 0 aliphatic carbocycles. The Morgan fingerprint density at radius 3 is 2.61 bits per heavy atom. The topological polar surface area (TPSA) is 78.8 Å². The van der Waals surface area contributed by atoms with Crippen LogP contribution in [0.5, 0.6) is 11.5 Å². The van der Waals surface area contributed by atoms with Gasteiger partial charge in [-0.15, -0.1) is 0 Å². The van der Waals surface area contributed by atoms with E-state index in [2.05, 4.69) is 5.32 Å². The van der Waals surface area contributed by atoms with Crippen molar-refractivity contribution >= 4 is 5.97 Å². The highest BCUT2D eigenvalue weighted by molar-refractivity contribution is 5.75. The van der Waals surface area contributed by atoms with Gasteiger partial charge in [-0.1, -0.05) is 19.9 Å². The number of ether oxygens (including phenoxy) is 1. The highest BCUT2D eigenvalue weighted by Gasteiger charge is 2.14. The molecule has 0 saturated heterocycles. The van der Waals surface area contributed by atoms with Gasteiger partial charge in [0, 0.05) is 6.54 Å². The van der Waals surface area contributed by atoms with Gasteiger partial charge in [-0.05, 0) is 24.7 Å². The van der Waals surface area contributed by atoms with Crippen LogP contribution in [0.15, 0.2) is 18.2 Å². The molecule has 0 radical (unpaired) electrons. The molecule has 5 nitrogen and oxygen atoms in total. The largest absolute Gasteiger partial charge is 0.504 e. The van der Waals surface area contributed by atoms with Crippen LogP contribution in [0, 0.1) is 5.92 Å². The summed E-state index contributed by atoms with van der Waals surface area (Å²) in [7, 11) is 1.72. The van der Waals surface area contributed by atoms with Crippen LogP contribution in [-0.4, -0.2) is 29.8 Å². The first-order valence-corrected chi connectivity index (χ1v) is 5.83. The molecule has 1 unspecified atom stereocenters. The number of hydrogen-bond donors (Lipinski definition) is 3. The van der Waals surface area contributed by atoms with E-state index in [1.165, 1.54) is 12.1 Å². The molecule has 0 amide bonds. The molecule has 1 aromatic carbocycles. The van der Waals surface area contributed by atoms with Crippen molar-refractivity contribution in [1.29, 1.82) is 0 Å². The van der Waals surface area contributed by atoms with Crippen LogP contribution in [0.3, 0.4) is 0 Å². The van der Waals surface area contributed by atoms with Crippen LogP contribution in [-0.2, 0) is 4.79 Å². The lowest BCUT2D eigenvalue weighted by atomic mass is 10.1. The van der Waals surface area contributed by atoms with Gasteiger partial charge in [-0.25, -0.2) is 0 Å². The maximum atomic E-state index is 11.4. The molecule has 0 bridgehead atoms. The van der Waals surface area contributed by atoms with Crippen LogP contribution >= 0.6 is 0 Å². The molecule has 0 spiro atoms. The summed E-state index contributed by atoms with van der Waals surface area (Å²) >= 11 is 0. The monoisotopic (exact) mass is 253 g/mol. The Morgan fingerprint density at radius 1 is 1.44 bits per heavy atom. The van der Waals surface area contributed by atoms with Gasteiger partial charge in [-0.2, -0.15) is 0 Å². The summed E-state index contributed by atoms with van der Waals surface area (Å²) in [4.78, 5) is 11.4. The second kappa shape index (κ2) is 6.37. The highest BCUT2D eigenvalue weighted by Crippen LogP contribution is 2.29. The second-order valence-electron chi connectivity index (χ2n) is 4.38. The summed E-state index contributed by atoms with van der Waals surface area (Å²) < 4.78 is 5.02. The molecule has 3 N–H and O–H groups in total. The summed E-state index contributed by atoms with van der Waals surface area (Å²) in [6.45, 7) is 3.80. The van der Waals surface area contributed by atoms with Gasteiger partial charge in [0.1, 0.15) is 0 Å². The zero-order valence-electron chi connectivity index (χ0n) is 10.8. The van der Waals surface area contributed by atoms with Crippen molar-refractivity contribution < 1.29 is 19.7 Å². The molecule has 0 fully saturated rings. The minimum absolute atomic E-state index is 0.106. The minimum Gasteiger partial charge on any atom is -0.504 e. The number of rotatable bonds is 5. The van der Waals surface area contributed by atoms with E-state index in [1.54, 1.807) is 27.0 Å². The number of carbonyl (C=O) groups excluding carboxylic acids is 1. The molecule has 0 saturated carbocycles. The van der Waals surface area contributed by atoms with Gasteiger partial charge < -0.3 is 20.3 Å². The van der Waals surface area contributed by atoms with Crippen molar-refractivity contribution in [2.24, 2.45) is 5.92 Å². The number of aliphatic hydroxyl groups is 1. The van der Waals surface area contributed by atoms with Crippen LogP contribution in [0.4, 0.5) is 0 Å². The summed E-state index contributed by atoms with van der Waals surface area (Å²) in [6.07, 6.45) is -0.712. The summed E-state index contributed by atoms with van der Waals surface area (Å²) in [5.74, 6) is -0.724. The third-order valence-electron chi connectivity index (χ3n) is 2.45. The Kier molecular flexibility index (Phi) is 5.12. The summed E-state index contributed by atoms with van der Waals surface area (Å²) in [6, 6.07) is 4.49. The minimum atomic E-state index is -0.712. The van der Waals surface area contributed by atoms with E-state index < -0.39 is 12.1 Å². The van der Waals surface area contributed by atoms with Crippen LogP contribution in [0.1, 0.15) is 25.5 Å². The van der Waals surface area contributed by atoms with Crippen molar-refractivity contribution in [3.8, 4) is 11.5 Å². The van der Waals surface area contributed by atoms with E-state index in [0.29, 0.717) is 12.1 Å². The SMILES string of the molecule is CNCC(O)c1ccc(OC(=O)C(C)C)c(O)c1. The standard InChI is InChI=1S/C13H19NO4/c1-8(2)13(17)18-12-5-4-9(6-10(12)15)11(16)7-14-3/h4-6,8,11,14-16H,7H2,1-3H3. The predicted octanol–water partition coefficient (Wildman–Crippen LogP) is 1.21. The Bertz CT molecular complexity index is 417. The molecule has 0 heterocycles. The third kappa shape index (κ3) is 3.72. The van der Waals surface area contributed by atoms with E-state index in [9.17, 15) is 15.0 Å². The number of aromatic hydroxyl groups is 1. The number of esters is 1. The van der Waals surface area contributed by atoms with Crippen LogP contribution < -0.4 is 10.1 Å². The highest BCUT2D eigenvalue weighted by atomic mass is 16.5. The normalized spacial score (nSPS) is 12.5. The molecule has 0 aliphatic heterocycles. The first kappa shape index (κ1) is 14.5. The molecule has 18 heavy (non-hydrogen) atoms. The van der Waals surface area contributed by atoms with Gasteiger partial charge in [0.25, 0.3) is 0 Å². The van der Waals surface area contributed by atoms with Crippen molar-refractivity contribution in [1.82, 2.24) is 5.32 Å². The van der Waals surface area contributed by atoms with Gasteiger partial charge in [0.05, 0.1) is 12.0 Å². The fraction of sp³-hybridized carbons (Fsp3) is 0.462. The van der Waals surface area contributed by atoms with Gasteiger partial charge >= 0.3 is 5.97 Å². The smallest absolute Gasteiger partial charge is 0.313 e. The maximum absolute atomic E-state index is 11.4. The van der Waals surface area contributed by atoms with Crippen LogP contribution in [0.25, 0.3) is 0 Å². The molecule has 100 valence electrons. The zero-order chi connectivity index (χ0) is 13.7. The third-order valence-corrected chi connectivity index (χ3v) is 2.45. The van der Waals surface area contributed by atoms with E-state index in [4.69, 9.17) is 4.74 Å². The fourth-order valence-corrected chi connectivity index (χ4v) is 1.37. The maximum Gasteiger partial charge on any atom is 0.313 e. The van der Waals surface area contributed by atoms with Gasteiger partial charge in [0.15, 0.2) is 11.5 Å². The number of phenolic OH excluding ortho intramolecular Hbond substituents is 1. The van der Waals surface area contributed by atoms with E-state index in [-0.39, 0.29) is 17.4 Å². The van der Waals surface area contributed by atoms with Crippen molar-refractivity contribution in [3.05, 3.63) is 23.8 Å². The Hall–Kier alpha value is -1.59. The van der Waals surface area contributed by atoms with E-state index in [0.717, 1.165) is 0 Å². The first-order valence-electron chi connectivity index (χ1n) is 5.83. The lowest BCUT2D eigenvalue weighted by molar-refractivity contribution is -0.137. The number of nitrogens with one attached hydrogen (secondary N) is 1. The first-order chi connectivity index (χ1) is 8.45. The van der Waals surface area contributed by atoms with Crippen molar-refractivity contribution in [2.75, 3.05) is 13.6 Å². The average molecular weight is 253 g/mol. The fourth-order valence-electron chi connectivity index (χ4n) is 1.37. The lowest BCUT2D eigenvalue weighted by Crippen LogP contribution is -2.17. The van der Waals surface area contributed by atoms with Crippen LogP contribution in [0.2, 0.25) is 0 Å². The molecule has 1 rings (SSSR count). The molecular weight excluding hydrogens is 234 g/mol. The zero-order valence-corrected chi connectivity index (χ0v) is 10.8. The summed E-state index contributed by atoms with van der Waals surface area (Å²) in [5, 5.41) is 22.3. The number of carbonyl (C=O) groups is 1. The molecule has 1 aromatic rings. The van der Waals surface area contributed by atoms with E-state index >= 15 is 0 Å². The number of aliphatic hydroxyl groups excluding tert-OH is 1. The van der Waals surface area contributed by atoms with Crippen molar-refractivity contribution in [3.63, 3.8) is 0 Å². The number of benzene rings is 1. The van der Waals surface area contributed by atoms with Gasteiger partial charge in [-0.3, -0.25) is 4.79 Å². The molecule has 0 aromatic heterocycles. The Labute approximate surface area is 106 Å². The lowest BCUT2D eigenvalue weighted by Gasteiger charge is -2.13. The second-order valence-corrected chi connectivity index (χ2v) is 4.38. The molecule has 5 heteroatoms. The molecular formula is C13H19NO4. The number of likely N-dealkylation sites (N-methyl/N-ethyl adjacent to an activating group) is 1.